The highest BCUT2D eigenvalue weighted by atomic mass is 14.4. The fourth-order valence-corrected chi connectivity index (χ4v) is 1.66. The van der Waals surface area contributed by atoms with Gasteiger partial charge in [-0.1, -0.05) is 37.1 Å². The van der Waals surface area contributed by atoms with Crippen LogP contribution < -0.4 is 0 Å². The molecule has 0 aliphatic heterocycles. The Morgan fingerprint density at radius 3 is 2.40 bits per heavy atom. The molecule has 0 bridgehead atoms. The second-order valence-electron chi connectivity index (χ2n) is 4.40. The van der Waals surface area contributed by atoms with Crippen molar-refractivity contribution in [2.24, 2.45) is 5.41 Å². The minimum absolute atomic E-state index is 0.182. The van der Waals surface area contributed by atoms with Gasteiger partial charge in [-0.05, 0) is 40.0 Å². The van der Waals surface area contributed by atoms with E-state index in [0.717, 1.165) is 25.7 Å². The molecule has 0 aromatic rings. The molecule has 0 aromatic carbocycles. The molecule has 0 heterocycles. The van der Waals surface area contributed by atoms with Crippen molar-refractivity contribution in [3.63, 3.8) is 0 Å². The summed E-state index contributed by atoms with van der Waals surface area (Å²) in [5.41, 5.74) is 1.12. The molecule has 0 aliphatic carbocycles. The molecule has 15 heavy (non-hydrogen) atoms. The zero-order chi connectivity index (χ0) is 11.7. The Hall–Kier alpha value is -1.03. The highest BCUT2D eigenvalue weighted by Crippen LogP contribution is 2.33. The van der Waals surface area contributed by atoms with Gasteiger partial charge in [0.25, 0.3) is 0 Å². The summed E-state index contributed by atoms with van der Waals surface area (Å²) < 4.78 is 0. The molecule has 84 valence electrons. The third-order valence-electron chi connectivity index (χ3n) is 2.61. The van der Waals surface area contributed by atoms with E-state index in [9.17, 15) is 5.26 Å². The predicted molar refractivity (Wildman–Crippen MR) is 66.4 cm³/mol. The van der Waals surface area contributed by atoms with Crippen LogP contribution in [0, 0.1) is 16.7 Å². The Morgan fingerprint density at radius 1 is 1.33 bits per heavy atom. The molecule has 0 saturated heterocycles. The van der Waals surface area contributed by atoms with Crippen LogP contribution in [-0.2, 0) is 0 Å². The normalized spacial score (nSPS) is 14.6. The molecule has 0 N–H and O–H groups in total. The van der Waals surface area contributed by atoms with Crippen molar-refractivity contribution in [2.45, 2.75) is 53.4 Å². The summed E-state index contributed by atoms with van der Waals surface area (Å²) in [6.45, 7) is 8.33. The van der Waals surface area contributed by atoms with Gasteiger partial charge in [-0.25, -0.2) is 0 Å². The summed E-state index contributed by atoms with van der Waals surface area (Å²) in [6, 6.07) is 2.51. The van der Waals surface area contributed by atoms with Crippen molar-refractivity contribution in [3.8, 4) is 6.07 Å². The second-order valence-corrected chi connectivity index (χ2v) is 4.40. The van der Waals surface area contributed by atoms with Crippen molar-refractivity contribution in [1.82, 2.24) is 0 Å². The Bertz CT molecular complexity index is 264. The number of rotatable bonds is 6. The third-order valence-corrected chi connectivity index (χ3v) is 2.61. The van der Waals surface area contributed by atoms with E-state index in [1.54, 1.807) is 0 Å². The van der Waals surface area contributed by atoms with Gasteiger partial charge >= 0.3 is 0 Å². The number of allylic oxidation sites excluding steroid dienone is 4. The van der Waals surface area contributed by atoms with Crippen LogP contribution in [0.1, 0.15) is 53.4 Å². The topological polar surface area (TPSA) is 23.8 Å². The maximum Gasteiger partial charge on any atom is 0.0696 e. The molecule has 0 aliphatic rings. The zero-order valence-electron chi connectivity index (χ0n) is 10.5. The first-order valence-electron chi connectivity index (χ1n) is 5.76. The Labute approximate surface area is 94.5 Å². The SMILES string of the molecule is CC=CCC(C#N)(CC=C(C)C)CCC. The molecule has 0 aromatic heterocycles. The Kier molecular flexibility index (Phi) is 6.79. The molecule has 1 atom stereocenters. The maximum atomic E-state index is 9.33. The molecular weight excluding hydrogens is 182 g/mol. The van der Waals surface area contributed by atoms with E-state index in [4.69, 9.17) is 0 Å². The summed E-state index contributed by atoms with van der Waals surface area (Å²) in [5, 5.41) is 9.33. The molecule has 0 rings (SSSR count). The molecule has 0 radical (unpaired) electrons. The number of nitrogens with zero attached hydrogens (tertiary/aromatic N) is 1. The van der Waals surface area contributed by atoms with Crippen molar-refractivity contribution in [2.75, 3.05) is 0 Å². The standard InChI is InChI=1S/C14H23N/c1-5-7-10-14(12-15,9-6-2)11-8-13(3)4/h5,7-8H,6,9-11H2,1-4H3. The lowest BCUT2D eigenvalue weighted by molar-refractivity contribution is 0.367. The van der Waals surface area contributed by atoms with E-state index < -0.39 is 0 Å². The van der Waals surface area contributed by atoms with E-state index in [1.165, 1.54) is 5.57 Å². The van der Waals surface area contributed by atoms with Gasteiger partial charge in [0.2, 0.25) is 0 Å². The van der Waals surface area contributed by atoms with Gasteiger partial charge in [-0.2, -0.15) is 5.26 Å². The summed E-state index contributed by atoms with van der Waals surface area (Å²) in [5.74, 6) is 0. The first kappa shape index (κ1) is 14.0. The van der Waals surface area contributed by atoms with E-state index >= 15 is 0 Å². The van der Waals surface area contributed by atoms with Crippen molar-refractivity contribution in [1.29, 1.82) is 5.26 Å². The van der Waals surface area contributed by atoms with Crippen LogP contribution in [0.15, 0.2) is 23.8 Å². The minimum atomic E-state index is -0.182. The van der Waals surface area contributed by atoms with Gasteiger partial charge in [-0.15, -0.1) is 0 Å². The van der Waals surface area contributed by atoms with Crippen molar-refractivity contribution < 1.29 is 0 Å². The average Bonchev–Trinajstić information content (AvgIpc) is 2.22. The van der Waals surface area contributed by atoms with Gasteiger partial charge in [0, 0.05) is 0 Å². The van der Waals surface area contributed by atoms with Crippen molar-refractivity contribution in [3.05, 3.63) is 23.8 Å². The number of nitriles is 1. The summed E-state index contributed by atoms with van der Waals surface area (Å²) in [4.78, 5) is 0. The van der Waals surface area contributed by atoms with Crippen LogP contribution in [0.25, 0.3) is 0 Å². The van der Waals surface area contributed by atoms with Gasteiger partial charge in [0.05, 0.1) is 11.5 Å². The highest BCUT2D eigenvalue weighted by Gasteiger charge is 2.26. The molecular formula is C14H23N. The fourth-order valence-electron chi connectivity index (χ4n) is 1.66. The van der Waals surface area contributed by atoms with Gasteiger partial charge in [0.1, 0.15) is 0 Å². The molecule has 0 amide bonds. The summed E-state index contributed by atoms with van der Waals surface area (Å²) >= 11 is 0. The smallest absolute Gasteiger partial charge is 0.0696 e. The molecule has 1 nitrogen and oxygen atoms in total. The molecule has 0 spiro atoms. The van der Waals surface area contributed by atoms with Crippen LogP contribution >= 0.6 is 0 Å². The third kappa shape index (κ3) is 5.42. The average molecular weight is 205 g/mol. The van der Waals surface area contributed by atoms with Gasteiger partial charge in [0.15, 0.2) is 0 Å². The quantitative estimate of drug-likeness (QED) is 0.580. The lowest BCUT2D eigenvalue weighted by Crippen LogP contribution is -2.16. The second kappa shape index (κ2) is 7.29. The fraction of sp³-hybridized carbons (Fsp3) is 0.643. The molecule has 0 fully saturated rings. The Balaban J connectivity index is 4.66. The highest BCUT2D eigenvalue weighted by molar-refractivity contribution is 5.09. The van der Waals surface area contributed by atoms with E-state index in [1.807, 2.05) is 13.0 Å². The van der Waals surface area contributed by atoms with E-state index in [-0.39, 0.29) is 5.41 Å². The lowest BCUT2D eigenvalue weighted by atomic mass is 9.78. The minimum Gasteiger partial charge on any atom is -0.198 e. The maximum absolute atomic E-state index is 9.33. The van der Waals surface area contributed by atoms with Crippen LogP contribution in [0.2, 0.25) is 0 Å². The summed E-state index contributed by atoms with van der Waals surface area (Å²) in [6.07, 6.45) is 10.1. The van der Waals surface area contributed by atoms with Crippen LogP contribution in [0.5, 0.6) is 0 Å². The van der Waals surface area contributed by atoms with Crippen LogP contribution in [-0.4, -0.2) is 0 Å². The molecule has 1 unspecified atom stereocenters. The van der Waals surface area contributed by atoms with E-state index in [2.05, 4.69) is 39.0 Å². The van der Waals surface area contributed by atoms with Crippen LogP contribution in [0.4, 0.5) is 0 Å². The zero-order valence-corrected chi connectivity index (χ0v) is 10.5. The van der Waals surface area contributed by atoms with E-state index in [0.29, 0.717) is 0 Å². The molecule has 1 heteroatoms. The monoisotopic (exact) mass is 205 g/mol. The largest absolute Gasteiger partial charge is 0.198 e. The van der Waals surface area contributed by atoms with Crippen LogP contribution in [0.3, 0.4) is 0 Å². The number of hydrogen-bond donors (Lipinski definition) is 0. The van der Waals surface area contributed by atoms with Gasteiger partial charge < -0.3 is 0 Å². The first-order valence-corrected chi connectivity index (χ1v) is 5.76. The lowest BCUT2D eigenvalue weighted by Gasteiger charge is -2.23. The predicted octanol–water partition coefficient (Wildman–Crippen LogP) is 4.62. The van der Waals surface area contributed by atoms with Crippen molar-refractivity contribution >= 4 is 0 Å². The Morgan fingerprint density at radius 2 is 2.00 bits per heavy atom. The summed E-state index contributed by atoms with van der Waals surface area (Å²) in [7, 11) is 0. The molecule has 0 saturated carbocycles. The van der Waals surface area contributed by atoms with Gasteiger partial charge in [-0.3, -0.25) is 0 Å². The number of hydrogen-bond acceptors (Lipinski definition) is 1. The first-order chi connectivity index (χ1) is 7.10.